The Morgan fingerprint density at radius 1 is 0.682 bits per heavy atom. The standard InChI is InChI=1S/C16H10Cl2N2O2/c17-7-3-1-5-9-11(7)15(21)13(19-9)14-16(22)12-8(18)4-2-6-10(12)20-14/h1-6,19-22H/p-2. The van der Waals surface area contributed by atoms with E-state index in [2.05, 4.69) is 9.97 Å². The van der Waals surface area contributed by atoms with E-state index in [-0.39, 0.29) is 22.9 Å². The van der Waals surface area contributed by atoms with Gasteiger partial charge >= 0.3 is 0 Å². The Hall–Kier alpha value is -2.30. The molecule has 0 radical (unpaired) electrons. The van der Waals surface area contributed by atoms with E-state index in [9.17, 15) is 10.2 Å². The molecule has 110 valence electrons. The van der Waals surface area contributed by atoms with E-state index in [4.69, 9.17) is 23.2 Å². The minimum absolute atomic E-state index is 0.195. The molecular weight excluding hydrogens is 323 g/mol. The van der Waals surface area contributed by atoms with E-state index in [0.29, 0.717) is 31.9 Å². The number of hydrogen-bond donors (Lipinski definition) is 2. The van der Waals surface area contributed by atoms with Gasteiger partial charge in [-0.25, -0.2) is 0 Å². The molecule has 6 heteroatoms. The molecule has 0 aliphatic heterocycles. The Bertz CT molecular complexity index is 950. The van der Waals surface area contributed by atoms with Crippen molar-refractivity contribution in [3.05, 3.63) is 46.4 Å². The van der Waals surface area contributed by atoms with Gasteiger partial charge in [-0.05, 0) is 24.3 Å². The molecule has 0 spiro atoms. The molecule has 0 atom stereocenters. The Balaban J connectivity index is 2.08. The first-order valence-corrected chi connectivity index (χ1v) is 7.28. The lowest BCUT2D eigenvalue weighted by atomic mass is 10.2. The number of halogens is 2. The van der Waals surface area contributed by atoms with Crippen LogP contribution in [0.5, 0.6) is 11.5 Å². The molecule has 2 aromatic carbocycles. The van der Waals surface area contributed by atoms with Crippen LogP contribution in [-0.4, -0.2) is 9.97 Å². The fourth-order valence-corrected chi connectivity index (χ4v) is 3.22. The molecule has 4 nitrogen and oxygen atoms in total. The highest BCUT2D eigenvalue weighted by Crippen LogP contribution is 2.43. The zero-order valence-electron chi connectivity index (χ0n) is 11.0. The number of benzene rings is 2. The second-order valence-electron chi connectivity index (χ2n) is 4.98. The minimum Gasteiger partial charge on any atom is -0.871 e. The van der Waals surface area contributed by atoms with E-state index >= 15 is 0 Å². The number of hydrogen-bond acceptors (Lipinski definition) is 2. The molecule has 2 N–H and O–H groups in total. The van der Waals surface area contributed by atoms with Crippen molar-refractivity contribution in [3.8, 4) is 22.9 Å². The third-order valence-corrected chi connectivity index (χ3v) is 4.33. The van der Waals surface area contributed by atoms with Gasteiger partial charge in [0, 0.05) is 31.9 Å². The molecule has 0 saturated heterocycles. The van der Waals surface area contributed by atoms with Crippen LogP contribution in [0.2, 0.25) is 10.0 Å². The van der Waals surface area contributed by atoms with Crippen LogP contribution in [0.4, 0.5) is 0 Å². The Morgan fingerprint density at radius 2 is 1.09 bits per heavy atom. The first kappa shape index (κ1) is 13.4. The third-order valence-electron chi connectivity index (χ3n) is 3.70. The van der Waals surface area contributed by atoms with Gasteiger partial charge in [0.2, 0.25) is 0 Å². The molecule has 0 unspecified atom stereocenters. The van der Waals surface area contributed by atoms with Crippen molar-refractivity contribution in [3.63, 3.8) is 0 Å². The summed E-state index contributed by atoms with van der Waals surface area (Å²) in [5.74, 6) is -0.610. The average molecular weight is 331 g/mol. The zero-order valence-corrected chi connectivity index (χ0v) is 12.5. The van der Waals surface area contributed by atoms with Gasteiger partial charge in [-0.15, -0.1) is 0 Å². The van der Waals surface area contributed by atoms with Crippen LogP contribution in [0.15, 0.2) is 36.4 Å². The van der Waals surface area contributed by atoms with Gasteiger partial charge in [0.05, 0.1) is 11.4 Å². The van der Waals surface area contributed by atoms with Gasteiger partial charge in [-0.1, -0.05) is 46.8 Å². The topological polar surface area (TPSA) is 77.7 Å². The van der Waals surface area contributed by atoms with Gasteiger partial charge in [-0.3, -0.25) is 0 Å². The molecule has 0 fully saturated rings. The molecule has 4 rings (SSSR count). The van der Waals surface area contributed by atoms with Crippen molar-refractivity contribution in [2.75, 3.05) is 0 Å². The smallest absolute Gasteiger partial charge is 0.0545 e. The second-order valence-corrected chi connectivity index (χ2v) is 5.80. The van der Waals surface area contributed by atoms with E-state index < -0.39 is 0 Å². The summed E-state index contributed by atoms with van der Waals surface area (Å²) < 4.78 is 0. The number of fused-ring (bicyclic) bond motifs is 2. The first-order chi connectivity index (χ1) is 10.6. The quantitative estimate of drug-likeness (QED) is 0.557. The Morgan fingerprint density at radius 3 is 1.45 bits per heavy atom. The number of aromatic amines is 2. The lowest BCUT2D eigenvalue weighted by Gasteiger charge is -2.12. The second kappa shape index (κ2) is 4.60. The summed E-state index contributed by atoms with van der Waals surface area (Å²) in [7, 11) is 0. The Kier molecular flexibility index (Phi) is 2.79. The van der Waals surface area contributed by atoms with Crippen molar-refractivity contribution >= 4 is 45.0 Å². The van der Waals surface area contributed by atoms with Crippen LogP contribution in [0.25, 0.3) is 33.2 Å². The molecule has 0 amide bonds. The molecule has 2 aromatic heterocycles. The lowest BCUT2D eigenvalue weighted by molar-refractivity contribution is -0.268. The number of H-pyrrole nitrogens is 2. The molecule has 0 aliphatic carbocycles. The minimum atomic E-state index is -0.305. The van der Waals surface area contributed by atoms with E-state index in [1.807, 2.05) is 0 Å². The van der Waals surface area contributed by atoms with Crippen LogP contribution in [0.1, 0.15) is 0 Å². The van der Waals surface area contributed by atoms with E-state index in [1.165, 1.54) is 0 Å². The third kappa shape index (κ3) is 1.71. The van der Waals surface area contributed by atoms with Crippen molar-refractivity contribution < 1.29 is 10.2 Å². The molecule has 0 aliphatic rings. The van der Waals surface area contributed by atoms with Gasteiger partial charge in [0.25, 0.3) is 0 Å². The van der Waals surface area contributed by atoms with Crippen molar-refractivity contribution in [1.29, 1.82) is 0 Å². The molecule has 0 bridgehead atoms. The number of nitrogens with one attached hydrogen (secondary N) is 2. The summed E-state index contributed by atoms with van der Waals surface area (Å²) in [6, 6.07) is 10.2. The van der Waals surface area contributed by atoms with E-state index in [1.54, 1.807) is 36.4 Å². The van der Waals surface area contributed by atoms with E-state index in [0.717, 1.165) is 0 Å². The Labute approximate surface area is 134 Å². The van der Waals surface area contributed by atoms with Crippen molar-refractivity contribution in [2.45, 2.75) is 0 Å². The summed E-state index contributed by atoms with van der Waals surface area (Å²) in [6.45, 7) is 0. The van der Waals surface area contributed by atoms with Crippen LogP contribution in [0, 0.1) is 0 Å². The van der Waals surface area contributed by atoms with Gasteiger partial charge in [0.15, 0.2) is 0 Å². The fraction of sp³-hybridized carbons (Fsp3) is 0. The fourth-order valence-electron chi connectivity index (χ4n) is 2.70. The van der Waals surface area contributed by atoms with Crippen molar-refractivity contribution in [2.24, 2.45) is 0 Å². The van der Waals surface area contributed by atoms with Crippen molar-refractivity contribution in [1.82, 2.24) is 9.97 Å². The predicted molar refractivity (Wildman–Crippen MR) is 84.5 cm³/mol. The van der Waals surface area contributed by atoms with Crippen LogP contribution >= 0.6 is 23.2 Å². The highest BCUT2D eigenvalue weighted by molar-refractivity contribution is 6.37. The molecule has 22 heavy (non-hydrogen) atoms. The summed E-state index contributed by atoms with van der Waals surface area (Å²) >= 11 is 12.2. The number of aromatic nitrogens is 2. The maximum absolute atomic E-state index is 12.6. The highest BCUT2D eigenvalue weighted by Gasteiger charge is 2.13. The maximum Gasteiger partial charge on any atom is 0.0545 e. The summed E-state index contributed by atoms with van der Waals surface area (Å²) in [5, 5.41) is 26.6. The van der Waals surface area contributed by atoms with Crippen LogP contribution in [0.3, 0.4) is 0 Å². The highest BCUT2D eigenvalue weighted by atomic mass is 35.5. The predicted octanol–water partition coefficient (Wildman–Crippen LogP) is 3.77. The summed E-state index contributed by atoms with van der Waals surface area (Å²) in [5.41, 5.74) is 1.58. The normalized spacial score (nSPS) is 11.5. The maximum atomic E-state index is 12.6. The monoisotopic (exact) mass is 330 g/mol. The molecular formula is C16H8Cl2N2O2-2. The van der Waals surface area contributed by atoms with Gasteiger partial charge in [0.1, 0.15) is 0 Å². The summed E-state index contributed by atoms with van der Waals surface area (Å²) in [6.07, 6.45) is 0. The summed E-state index contributed by atoms with van der Waals surface area (Å²) in [4.78, 5) is 5.94. The van der Waals surface area contributed by atoms with Crippen LogP contribution < -0.4 is 10.2 Å². The van der Waals surface area contributed by atoms with Gasteiger partial charge < -0.3 is 20.2 Å². The van der Waals surface area contributed by atoms with Gasteiger partial charge in [-0.2, -0.15) is 0 Å². The number of rotatable bonds is 1. The molecule has 2 heterocycles. The lowest BCUT2D eigenvalue weighted by Crippen LogP contribution is -1.95. The van der Waals surface area contributed by atoms with Crippen LogP contribution in [-0.2, 0) is 0 Å². The zero-order chi connectivity index (χ0) is 15.4. The molecule has 0 saturated carbocycles. The largest absolute Gasteiger partial charge is 0.871 e. The average Bonchev–Trinajstić information content (AvgIpc) is 2.99. The first-order valence-electron chi connectivity index (χ1n) is 6.52. The molecule has 4 aromatic rings. The SMILES string of the molecule is [O-]c1c(-c2[nH]c3cccc(Cl)c3c2[O-])[nH]c2cccc(Cl)c12.